The van der Waals surface area contributed by atoms with Crippen LogP contribution in [0.25, 0.3) is 0 Å². The number of amides is 2. The zero-order valence-electron chi connectivity index (χ0n) is 12.0. The number of nitrogens with zero attached hydrogens (tertiary/aromatic N) is 1. The summed E-state index contributed by atoms with van der Waals surface area (Å²) in [5.41, 5.74) is 1.71. The number of piperazine rings is 1. The van der Waals surface area contributed by atoms with Crippen LogP contribution in [0.1, 0.15) is 39.5 Å². The molecule has 2 saturated carbocycles. The first kappa shape index (κ1) is 13.9. The van der Waals surface area contributed by atoms with Crippen molar-refractivity contribution in [1.82, 2.24) is 10.2 Å². The van der Waals surface area contributed by atoms with Crippen LogP contribution in [0.4, 0.5) is 0 Å². The Morgan fingerprint density at radius 3 is 2.55 bits per heavy atom. The maximum Gasteiger partial charge on any atom is 0.246 e. The fraction of sp³-hybridized carbons (Fsp3) is 0.733. The van der Waals surface area contributed by atoms with Crippen molar-refractivity contribution in [3.8, 4) is 0 Å². The average Bonchev–Trinajstić information content (AvgIpc) is 3.29. The van der Waals surface area contributed by atoms with Gasteiger partial charge in [-0.05, 0) is 56.9 Å². The van der Waals surface area contributed by atoms with Gasteiger partial charge in [0.05, 0.1) is 0 Å². The van der Waals surface area contributed by atoms with Gasteiger partial charge in [-0.25, -0.2) is 0 Å². The summed E-state index contributed by atoms with van der Waals surface area (Å²) < 4.78 is 0. The molecule has 1 aliphatic heterocycles. The summed E-state index contributed by atoms with van der Waals surface area (Å²) in [4.78, 5) is 27.2. The Morgan fingerprint density at radius 1 is 1.40 bits per heavy atom. The first-order chi connectivity index (χ1) is 9.48. The molecule has 2 amide bonds. The summed E-state index contributed by atoms with van der Waals surface area (Å²) in [7, 11) is 0. The third kappa shape index (κ3) is 2.14. The Balaban J connectivity index is 1.91. The first-order valence-corrected chi connectivity index (χ1v) is 7.80. The molecule has 3 rings (SSSR count). The van der Waals surface area contributed by atoms with E-state index in [4.69, 9.17) is 11.6 Å². The average molecular weight is 297 g/mol. The molecular weight excluding hydrogens is 276 g/mol. The van der Waals surface area contributed by atoms with Crippen LogP contribution in [0.2, 0.25) is 0 Å². The number of halogens is 1. The van der Waals surface area contributed by atoms with Gasteiger partial charge >= 0.3 is 0 Å². The summed E-state index contributed by atoms with van der Waals surface area (Å²) in [5, 5.41) is 2.98. The van der Waals surface area contributed by atoms with E-state index in [9.17, 15) is 9.59 Å². The summed E-state index contributed by atoms with van der Waals surface area (Å²) in [5.74, 6) is 0.700. The van der Waals surface area contributed by atoms with Gasteiger partial charge in [0, 0.05) is 12.1 Å². The summed E-state index contributed by atoms with van der Waals surface area (Å²) in [6, 6.07) is -0.322. The smallest absolute Gasteiger partial charge is 0.246 e. The lowest BCUT2D eigenvalue weighted by molar-refractivity contribution is -0.158. The van der Waals surface area contributed by atoms with E-state index in [-0.39, 0.29) is 23.8 Å². The van der Waals surface area contributed by atoms with Crippen molar-refractivity contribution in [3.63, 3.8) is 0 Å². The SMILES string of the molecule is CC(=CCl)CN1C(=O)C(C2CC2)NC(=O)C1(C)C1CC1. The molecule has 1 saturated heterocycles. The van der Waals surface area contributed by atoms with Crippen molar-refractivity contribution in [2.75, 3.05) is 6.54 Å². The zero-order chi connectivity index (χ0) is 14.5. The number of hydrogen-bond acceptors (Lipinski definition) is 2. The number of carbonyl (C=O) groups is 2. The fourth-order valence-electron chi connectivity index (χ4n) is 3.19. The molecule has 110 valence electrons. The molecule has 1 heterocycles. The van der Waals surface area contributed by atoms with Crippen molar-refractivity contribution >= 4 is 23.4 Å². The van der Waals surface area contributed by atoms with Gasteiger partial charge in [-0.1, -0.05) is 11.6 Å². The first-order valence-electron chi connectivity index (χ1n) is 7.36. The van der Waals surface area contributed by atoms with Gasteiger partial charge in [0.25, 0.3) is 0 Å². The summed E-state index contributed by atoms with van der Waals surface area (Å²) in [6.07, 6.45) is 4.11. The molecule has 3 fully saturated rings. The molecule has 2 aliphatic carbocycles. The van der Waals surface area contributed by atoms with Gasteiger partial charge < -0.3 is 10.2 Å². The molecule has 4 nitrogen and oxygen atoms in total. The second-order valence-corrected chi connectivity index (χ2v) is 6.81. The van der Waals surface area contributed by atoms with E-state index in [1.54, 1.807) is 4.90 Å². The third-order valence-corrected chi connectivity index (χ3v) is 5.27. The minimum Gasteiger partial charge on any atom is -0.342 e. The van der Waals surface area contributed by atoms with E-state index in [0.29, 0.717) is 12.5 Å². The van der Waals surface area contributed by atoms with E-state index >= 15 is 0 Å². The predicted molar refractivity (Wildman–Crippen MR) is 77.1 cm³/mol. The monoisotopic (exact) mass is 296 g/mol. The Bertz CT molecular complexity index is 482. The molecule has 5 heteroatoms. The van der Waals surface area contributed by atoms with E-state index in [2.05, 4.69) is 5.32 Å². The van der Waals surface area contributed by atoms with Gasteiger partial charge in [0.2, 0.25) is 11.8 Å². The molecule has 2 unspecified atom stereocenters. The topological polar surface area (TPSA) is 49.4 Å². The van der Waals surface area contributed by atoms with Crippen LogP contribution in [0, 0.1) is 11.8 Å². The van der Waals surface area contributed by atoms with Crippen molar-refractivity contribution in [3.05, 3.63) is 11.1 Å². The molecular formula is C15H21ClN2O2. The number of hydrogen-bond donors (Lipinski definition) is 1. The molecule has 0 aromatic heterocycles. The lowest BCUT2D eigenvalue weighted by Crippen LogP contribution is -2.71. The Morgan fingerprint density at radius 2 is 2.05 bits per heavy atom. The highest BCUT2D eigenvalue weighted by Crippen LogP contribution is 2.46. The summed E-state index contributed by atoms with van der Waals surface area (Å²) >= 11 is 5.75. The molecule has 0 radical (unpaired) electrons. The van der Waals surface area contributed by atoms with Crippen molar-refractivity contribution in [2.45, 2.75) is 51.1 Å². The third-order valence-electron chi connectivity index (χ3n) is 4.90. The molecule has 0 spiro atoms. The normalized spacial score (nSPS) is 35.2. The Labute approximate surface area is 124 Å². The van der Waals surface area contributed by atoms with Gasteiger partial charge in [0.15, 0.2) is 0 Å². The van der Waals surface area contributed by atoms with E-state index in [1.807, 2.05) is 13.8 Å². The predicted octanol–water partition coefficient (Wildman–Crippen LogP) is 2.03. The van der Waals surface area contributed by atoms with Crippen LogP contribution in [0.3, 0.4) is 0 Å². The molecule has 1 N–H and O–H groups in total. The molecule has 2 atom stereocenters. The van der Waals surface area contributed by atoms with Gasteiger partial charge in [-0.15, -0.1) is 0 Å². The van der Waals surface area contributed by atoms with E-state index in [0.717, 1.165) is 31.3 Å². The molecule has 0 aromatic carbocycles. The largest absolute Gasteiger partial charge is 0.342 e. The summed E-state index contributed by atoms with van der Waals surface area (Å²) in [6.45, 7) is 4.25. The van der Waals surface area contributed by atoms with Crippen LogP contribution in [0.15, 0.2) is 11.1 Å². The van der Waals surface area contributed by atoms with Crippen molar-refractivity contribution in [2.24, 2.45) is 11.8 Å². The van der Waals surface area contributed by atoms with Crippen LogP contribution < -0.4 is 5.32 Å². The number of nitrogens with one attached hydrogen (secondary N) is 1. The molecule has 0 bridgehead atoms. The van der Waals surface area contributed by atoms with Crippen LogP contribution in [0.5, 0.6) is 0 Å². The van der Waals surface area contributed by atoms with E-state index in [1.165, 1.54) is 5.54 Å². The maximum absolute atomic E-state index is 12.8. The van der Waals surface area contributed by atoms with Crippen molar-refractivity contribution in [1.29, 1.82) is 0 Å². The van der Waals surface area contributed by atoms with Gasteiger partial charge in [-0.3, -0.25) is 9.59 Å². The fourth-order valence-corrected chi connectivity index (χ4v) is 3.26. The zero-order valence-corrected chi connectivity index (χ0v) is 12.7. The van der Waals surface area contributed by atoms with Crippen LogP contribution in [-0.2, 0) is 9.59 Å². The maximum atomic E-state index is 12.8. The molecule has 20 heavy (non-hydrogen) atoms. The Hall–Kier alpha value is -1.03. The second kappa shape index (κ2) is 4.76. The minimum absolute atomic E-state index is 0.0128. The van der Waals surface area contributed by atoms with Crippen molar-refractivity contribution < 1.29 is 9.59 Å². The van der Waals surface area contributed by atoms with Crippen LogP contribution in [-0.4, -0.2) is 34.8 Å². The Kier molecular flexibility index (Phi) is 3.32. The standard InChI is InChI=1S/C15H21ClN2O2/c1-9(7-16)8-18-13(19)12(10-3-4-10)17-14(20)15(18,2)11-5-6-11/h7,10-12H,3-6,8H2,1-2H3,(H,17,20). The highest BCUT2D eigenvalue weighted by atomic mass is 35.5. The van der Waals surface area contributed by atoms with Gasteiger partial charge in [0.1, 0.15) is 11.6 Å². The lowest BCUT2D eigenvalue weighted by atomic mass is 9.87. The number of carbonyl (C=O) groups excluding carboxylic acids is 2. The molecule has 0 aromatic rings. The highest BCUT2D eigenvalue weighted by Gasteiger charge is 2.58. The van der Waals surface area contributed by atoms with E-state index < -0.39 is 5.54 Å². The lowest BCUT2D eigenvalue weighted by Gasteiger charge is -2.47. The highest BCUT2D eigenvalue weighted by molar-refractivity contribution is 6.25. The molecule has 3 aliphatic rings. The second-order valence-electron chi connectivity index (χ2n) is 6.59. The van der Waals surface area contributed by atoms with Gasteiger partial charge in [-0.2, -0.15) is 0 Å². The number of rotatable bonds is 4. The minimum atomic E-state index is -0.705. The quantitative estimate of drug-likeness (QED) is 0.863. The van der Waals surface area contributed by atoms with Crippen LogP contribution >= 0.6 is 11.6 Å².